The second kappa shape index (κ2) is 4.62. The van der Waals surface area contributed by atoms with Gasteiger partial charge >= 0.3 is 0 Å². The van der Waals surface area contributed by atoms with Crippen LogP contribution in [0.2, 0.25) is 0 Å². The maximum absolute atomic E-state index is 10.2. The van der Waals surface area contributed by atoms with Gasteiger partial charge in [-0.15, -0.1) is 0 Å². The van der Waals surface area contributed by atoms with Crippen LogP contribution in [0.15, 0.2) is 24.3 Å². The molecule has 1 N–H and O–H groups in total. The van der Waals surface area contributed by atoms with Crippen molar-refractivity contribution in [1.82, 2.24) is 0 Å². The molecule has 0 spiro atoms. The van der Waals surface area contributed by atoms with E-state index in [4.69, 9.17) is 5.11 Å². The molecule has 0 aromatic heterocycles. The molecule has 1 aromatic carbocycles. The Kier molecular flexibility index (Phi) is 3.46. The lowest BCUT2D eigenvalue weighted by molar-refractivity contribution is 0.304. The molecule has 0 saturated heterocycles. The molecule has 1 rings (SSSR count). The van der Waals surface area contributed by atoms with E-state index in [1.807, 2.05) is 30.4 Å². The summed E-state index contributed by atoms with van der Waals surface area (Å²) >= 11 is 0. The Balaban J connectivity index is 2.73. The molecule has 69 valence electrons. The van der Waals surface area contributed by atoms with Gasteiger partial charge in [0.05, 0.1) is 6.61 Å². The average Bonchev–Trinajstić information content (AvgIpc) is 2.18. The Bertz CT molecular complexity index is 269. The second-order valence-corrected chi connectivity index (χ2v) is 2.79. The summed E-state index contributed by atoms with van der Waals surface area (Å²) in [6.07, 6.45) is 1.81. The number of likely N-dealkylation sites (N-methyl/N-ethyl adjacent to an activating group) is 1. The highest BCUT2D eigenvalue weighted by atomic mass is 16.3. The fourth-order valence-corrected chi connectivity index (χ4v) is 1.06. The highest BCUT2D eigenvalue weighted by molar-refractivity contribution is 5.76. The Morgan fingerprint density at radius 3 is 2.46 bits per heavy atom. The molecule has 0 heterocycles. The minimum absolute atomic E-state index is 0.123. The van der Waals surface area contributed by atoms with Gasteiger partial charge in [0, 0.05) is 24.8 Å². The normalized spacial score (nSPS) is 9.69. The van der Waals surface area contributed by atoms with Crippen LogP contribution in [0.25, 0.3) is 0 Å². The van der Waals surface area contributed by atoms with Gasteiger partial charge in [0.25, 0.3) is 0 Å². The van der Waals surface area contributed by atoms with Gasteiger partial charge in [-0.1, -0.05) is 0 Å². The van der Waals surface area contributed by atoms with Crippen LogP contribution in [-0.2, 0) is 4.79 Å². The highest BCUT2D eigenvalue weighted by Crippen LogP contribution is 2.11. The van der Waals surface area contributed by atoms with Crippen LogP contribution in [-0.4, -0.2) is 31.6 Å². The van der Waals surface area contributed by atoms with E-state index in [-0.39, 0.29) is 6.61 Å². The smallest absolute Gasteiger partial charge is 0.233 e. The van der Waals surface area contributed by atoms with Crippen LogP contribution < -0.4 is 4.90 Å². The zero-order valence-electron chi connectivity index (χ0n) is 7.53. The number of anilines is 1. The molecule has 0 atom stereocenters. The first kappa shape index (κ1) is 9.74. The van der Waals surface area contributed by atoms with E-state index in [2.05, 4.69) is 0 Å². The Morgan fingerprint density at radius 2 is 2.00 bits per heavy atom. The van der Waals surface area contributed by atoms with Crippen molar-refractivity contribution in [2.45, 2.75) is 0 Å². The minimum Gasteiger partial charge on any atom is -0.395 e. The van der Waals surface area contributed by atoms with Gasteiger partial charge in [-0.2, -0.15) is 0 Å². The van der Waals surface area contributed by atoms with Gasteiger partial charge in [-0.3, -0.25) is 4.79 Å². The van der Waals surface area contributed by atoms with Crippen molar-refractivity contribution in [3.8, 4) is 0 Å². The summed E-state index contributed by atoms with van der Waals surface area (Å²) in [6.45, 7) is 0.711. The van der Waals surface area contributed by atoms with Gasteiger partial charge in [0.1, 0.15) is 0 Å². The zero-order chi connectivity index (χ0) is 9.68. The largest absolute Gasteiger partial charge is 0.395 e. The number of aliphatic hydroxyl groups is 1. The number of carbonyl (C=O) groups excluding carboxylic acids is 1. The van der Waals surface area contributed by atoms with E-state index < -0.39 is 0 Å². The number of benzene rings is 1. The van der Waals surface area contributed by atoms with Crippen molar-refractivity contribution >= 4 is 12.0 Å². The van der Waals surface area contributed by atoms with Crippen LogP contribution in [0.1, 0.15) is 5.56 Å². The van der Waals surface area contributed by atoms with Crippen molar-refractivity contribution in [1.29, 1.82) is 0 Å². The summed E-state index contributed by atoms with van der Waals surface area (Å²) in [6, 6.07) is 7.07. The van der Waals surface area contributed by atoms with Crippen LogP contribution in [0.5, 0.6) is 0 Å². The van der Waals surface area contributed by atoms with Gasteiger partial charge in [0.15, 0.2) is 0 Å². The molecule has 0 saturated carbocycles. The Morgan fingerprint density at radius 1 is 1.38 bits per heavy atom. The Hall–Kier alpha value is -1.35. The number of nitrogens with zero attached hydrogens (tertiary/aromatic N) is 1. The van der Waals surface area contributed by atoms with E-state index in [1.165, 1.54) is 0 Å². The number of hydrogen-bond acceptors (Lipinski definition) is 3. The zero-order valence-corrected chi connectivity index (χ0v) is 7.53. The second-order valence-electron chi connectivity index (χ2n) is 2.79. The SMILES string of the molecule is CN(CCO)c1ccc([C]=O)cc1. The lowest BCUT2D eigenvalue weighted by Gasteiger charge is -2.17. The summed E-state index contributed by atoms with van der Waals surface area (Å²) in [5.74, 6) is 0. The number of rotatable bonds is 4. The molecular weight excluding hydrogens is 166 g/mol. The highest BCUT2D eigenvalue weighted by Gasteiger charge is 1.98. The average molecular weight is 178 g/mol. The Labute approximate surface area is 77.6 Å². The molecule has 0 fully saturated rings. The lowest BCUT2D eigenvalue weighted by Crippen LogP contribution is -2.20. The molecule has 1 aromatic rings. The summed E-state index contributed by atoms with van der Waals surface area (Å²) in [7, 11) is 1.88. The van der Waals surface area contributed by atoms with Crippen molar-refractivity contribution in [2.75, 3.05) is 25.1 Å². The molecule has 13 heavy (non-hydrogen) atoms. The third-order valence-electron chi connectivity index (χ3n) is 1.86. The first-order valence-corrected chi connectivity index (χ1v) is 4.08. The van der Waals surface area contributed by atoms with Crippen molar-refractivity contribution in [2.24, 2.45) is 0 Å². The molecule has 0 unspecified atom stereocenters. The van der Waals surface area contributed by atoms with E-state index in [9.17, 15) is 4.79 Å². The molecule has 0 aliphatic heterocycles. The fraction of sp³-hybridized carbons (Fsp3) is 0.300. The maximum atomic E-state index is 10.2. The quantitative estimate of drug-likeness (QED) is 0.733. The standard InChI is InChI=1S/C10H12NO2/c1-11(6-7-12)10-4-2-9(8-13)3-5-10/h2-5,12H,6-7H2,1H3. The van der Waals surface area contributed by atoms with Crippen LogP contribution in [0.4, 0.5) is 5.69 Å². The molecule has 0 amide bonds. The maximum Gasteiger partial charge on any atom is 0.233 e. The number of hydrogen-bond donors (Lipinski definition) is 1. The van der Waals surface area contributed by atoms with Gasteiger partial charge in [0.2, 0.25) is 6.29 Å². The van der Waals surface area contributed by atoms with Gasteiger partial charge < -0.3 is 10.0 Å². The van der Waals surface area contributed by atoms with E-state index in [0.29, 0.717) is 12.1 Å². The summed E-state index contributed by atoms with van der Waals surface area (Å²) in [5.41, 5.74) is 1.52. The van der Waals surface area contributed by atoms with E-state index in [1.54, 1.807) is 12.1 Å². The summed E-state index contributed by atoms with van der Waals surface area (Å²) < 4.78 is 0. The third kappa shape index (κ3) is 2.56. The summed E-state index contributed by atoms with van der Waals surface area (Å²) in [5, 5.41) is 8.69. The predicted molar refractivity (Wildman–Crippen MR) is 51.6 cm³/mol. The minimum atomic E-state index is 0.123. The van der Waals surface area contributed by atoms with Gasteiger partial charge in [-0.25, -0.2) is 0 Å². The molecule has 0 aliphatic rings. The lowest BCUT2D eigenvalue weighted by atomic mass is 10.2. The first-order valence-electron chi connectivity index (χ1n) is 4.08. The topological polar surface area (TPSA) is 40.5 Å². The van der Waals surface area contributed by atoms with Crippen molar-refractivity contribution in [3.05, 3.63) is 29.8 Å². The molecule has 3 heteroatoms. The third-order valence-corrected chi connectivity index (χ3v) is 1.86. The van der Waals surface area contributed by atoms with Crippen molar-refractivity contribution < 1.29 is 9.90 Å². The van der Waals surface area contributed by atoms with Crippen LogP contribution >= 0.6 is 0 Å². The van der Waals surface area contributed by atoms with Crippen LogP contribution in [0, 0.1) is 0 Å². The molecule has 0 aliphatic carbocycles. The van der Waals surface area contributed by atoms with E-state index in [0.717, 1.165) is 5.69 Å². The molecule has 3 nitrogen and oxygen atoms in total. The molecular formula is C10H12NO2. The van der Waals surface area contributed by atoms with Crippen LogP contribution in [0.3, 0.4) is 0 Å². The fourth-order valence-electron chi connectivity index (χ4n) is 1.06. The van der Waals surface area contributed by atoms with Crippen molar-refractivity contribution in [3.63, 3.8) is 0 Å². The molecule has 0 bridgehead atoms. The van der Waals surface area contributed by atoms with E-state index >= 15 is 0 Å². The van der Waals surface area contributed by atoms with Gasteiger partial charge in [-0.05, 0) is 24.3 Å². The molecule has 1 radical (unpaired) electrons. The monoisotopic (exact) mass is 178 g/mol. The number of aliphatic hydroxyl groups excluding tert-OH is 1. The predicted octanol–water partition coefficient (Wildman–Crippen LogP) is 0.573. The first-order chi connectivity index (χ1) is 6.27. The summed E-state index contributed by atoms with van der Waals surface area (Å²) in [4.78, 5) is 12.1.